The van der Waals surface area contributed by atoms with Gasteiger partial charge in [-0.15, -0.1) is 0 Å². The van der Waals surface area contributed by atoms with Crippen LogP contribution in [0.3, 0.4) is 0 Å². The third kappa shape index (κ3) is 2.79. The van der Waals surface area contributed by atoms with Crippen molar-refractivity contribution >= 4 is 23.5 Å². The van der Waals surface area contributed by atoms with Crippen LogP contribution in [-0.4, -0.2) is 34.8 Å². The lowest BCUT2D eigenvalue weighted by molar-refractivity contribution is -0.133. The number of benzene rings is 1. The molecule has 1 saturated heterocycles. The van der Waals surface area contributed by atoms with Gasteiger partial charge in [0, 0.05) is 5.69 Å². The smallest absolute Gasteiger partial charge is 0.324 e. The largest absolute Gasteiger partial charge is 0.325 e. The molecule has 0 aromatic heterocycles. The molecule has 2 aliphatic carbocycles. The molecule has 0 atom stereocenters. The molecule has 0 bridgehead atoms. The molecule has 1 aromatic carbocycles. The summed E-state index contributed by atoms with van der Waals surface area (Å²) in [5.41, 5.74) is 2.52. The third-order valence-electron chi connectivity index (χ3n) is 5.67. The van der Waals surface area contributed by atoms with E-state index in [9.17, 15) is 14.4 Å². The summed E-state index contributed by atoms with van der Waals surface area (Å²) in [5.74, 6) is -0.572. The summed E-state index contributed by atoms with van der Waals surface area (Å²) >= 11 is 0. The van der Waals surface area contributed by atoms with Crippen LogP contribution in [-0.2, 0) is 22.4 Å². The molecule has 0 radical (unpaired) electrons. The maximum atomic E-state index is 12.6. The van der Waals surface area contributed by atoms with E-state index in [1.165, 1.54) is 17.5 Å². The number of nitrogens with one attached hydrogen (secondary N) is 2. The summed E-state index contributed by atoms with van der Waals surface area (Å²) in [7, 11) is 0. The summed E-state index contributed by atoms with van der Waals surface area (Å²) in [6, 6.07) is 5.50. The predicted octanol–water partition coefficient (Wildman–Crippen LogP) is 2.37. The van der Waals surface area contributed by atoms with Crippen LogP contribution in [0.5, 0.6) is 0 Å². The Morgan fingerprint density at radius 2 is 1.88 bits per heavy atom. The number of imide groups is 1. The molecule has 4 rings (SSSR count). The van der Waals surface area contributed by atoms with Gasteiger partial charge in [-0.2, -0.15) is 0 Å². The lowest BCUT2D eigenvalue weighted by atomic mass is 9.90. The van der Waals surface area contributed by atoms with Crippen LogP contribution < -0.4 is 10.6 Å². The first-order chi connectivity index (χ1) is 12.1. The molecule has 1 saturated carbocycles. The number of nitrogens with zero attached hydrogens (tertiary/aromatic N) is 1. The number of fused-ring (bicyclic) bond motifs is 1. The SMILES string of the molecule is O=C(CN1C(=O)NC2(CCCC2)C1=O)Nc1cccc2c1CCCC2. The molecular weight excluding hydrogens is 318 g/mol. The van der Waals surface area contributed by atoms with Crippen LogP contribution in [0.2, 0.25) is 0 Å². The quantitative estimate of drug-likeness (QED) is 0.829. The second kappa shape index (κ2) is 6.17. The van der Waals surface area contributed by atoms with E-state index in [0.717, 1.165) is 42.7 Å². The molecule has 1 aliphatic heterocycles. The van der Waals surface area contributed by atoms with Crippen LogP contribution >= 0.6 is 0 Å². The minimum Gasteiger partial charge on any atom is -0.324 e. The molecule has 4 amide bonds. The van der Waals surface area contributed by atoms with Crippen LogP contribution in [0.15, 0.2) is 18.2 Å². The van der Waals surface area contributed by atoms with Crippen molar-refractivity contribution in [2.24, 2.45) is 0 Å². The summed E-state index contributed by atoms with van der Waals surface area (Å²) in [6.07, 6.45) is 7.49. The third-order valence-corrected chi connectivity index (χ3v) is 5.67. The number of anilines is 1. The van der Waals surface area contributed by atoms with Crippen molar-refractivity contribution in [1.82, 2.24) is 10.2 Å². The normalized spacial score (nSPS) is 21.4. The van der Waals surface area contributed by atoms with Gasteiger partial charge in [0.25, 0.3) is 5.91 Å². The number of carbonyl (C=O) groups excluding carboxylic acids is 3. The molecule has 1 heterocycles. The topological polar surface area (TPSA) is 78.5 Å². The van der Waals surface area contributed by atoms with Gasteiger partial charge < -0.3 is 10.6 Å². The molecule has 6 nitrogen and oxygen atoms in total. The lowest BCUT2D eigenvalue weighted by Crippen LogP contribution is -2.44. The highest BCUT2D eigenvalue weighted by molar-refractivity contribution is 6.10. The summed E-state index contributed by atoms with van der Waals surface area (Å²) in [6.45, 7) is -0.226. The molecule has 1 aromatic rings. The van der Waals surface area contributed by atoms with E-state index >= 15 is 0 Å². The summed E-state index contributed by atoms with van der Waals surface area (Å²) < 4.78 is 0. The standard InChI is InChI=1S/C19H23N3O3/c23-16(20-15-9-5-7-13-6-1-2-8-14(13)15)12-22-17(24)19(21-18(22)25)10-3-4-11-19/h5,7,9H,1-4,6,8,10-12H2,(H,20,23)(H,21,25). The average Bonchev–Trinajstić information content (AvgIpc) is 3.16. The van der Waals surface area contributed by atoms with Crippen molar-refractivity contribution in [3.8, 4) is 0 Å². The van der Waals surface area contributed by atoms with E-state index in [-0.39, 0.29) is 18.4 Å². The number of urea groups is 1. The number of hydrogen-bond donors (Lipinski definition) is 2. The van der Waals surface area contributed by atoms with Crippen LogP contribution in [0.25, 0.3) is 0 Å². The van der Waals surface area contributed by atoms with Gasteiger partial charge in [-0.1, -0.05) is 25.0 Å². The Morgan fingerprint density at radius 3 is 2.68 bits per heavy atom. The zero-order valence-corrected chi connectivity index (χ0v) is 14.3. The second-order valence-corrected chi connectivity index (χ2v) is 7.31. The van der Waals surface area contributed by atoms with E-state index in [1.54, 1.807) is 0 Å². The average molecular weight is 341 g/mol. The van der Waals surface area contributed by atoms with Crippen molar-refractivity contribution in [1.29, 1.82) is 0 Å². The Labute approximate surface area is 147 Å². The first-order valence-corrected chi connectivity index (χ1v) is 9.14. The summed E-state index contributed by atoms with van der Waals surface area (Å²) in [4.78, 5) is 38.3. The molecule has 25 heavy (non-hydrogen) atoms. The molecule has 1 spiro atoms. The van der Waals surface area contributed by atoms with E-state index in [2.05, 4.69) is 16.7 Å². The number of carbonyl (C=O) groups is 3. The number of hydrogen-bond acceptors (Lipinski definition) is 3. The Bertz CT molecular complexity index is 737. The van der Waals surface area contributed by atoms with Crippen LogP contribution in [0.4, 0.5) is 10.5 Å². The van der Waals surface area contributed by atoms with Gasteiger partial charge in [0.05, 0.1) is 0 Å². The Morgan fingerprint density at radius 1 is 1.12 bits per heavy atom. The predicted molar refractivity (Wildman–Crippen MR) is 93.2 cm³/mol. The first-order valence-electron chi connectivity index (χ1n) is 9.14. The first kappa shape index (κ1) is 16.1. The van der Waals surface area contributed by atoms with Gasteiger partial charge in [-0.3, -0.25) is 14.5 Å². The van der Waals surface area contributed by atoms with E-state index in [0.29, 0.717) is 12.8 Å². The maximum absolute atomic E-state index is 12.6. The van der Waals surface area contributed by atoms with Crippen LogP contribution in [0, 0.1) is 0 Å². The Kier molecular flexibility index (Phi) is 3.98. The monoisotopic (exact) mass is 341 g/mol. The molecule has 132 valence electrons. The minimum absolute atomic E-state index is 0.226. The number of amides is 4. The highest BCUT2D eigenvalue weighted by Gasteiger charge is 2.52. The van der Waals surface area contributed by atoms with Gasteiger partial charge in [0.15, 0.2) is 0 Å². The molecule has 6 heteroatoms. The zero-order valence-electron chi connectivity index (χ0n) is 14.3. The van der Waals surface area contributed by atoms with Gasteiger partial charge >= 0.3 is 6.03 Å². The van der Waals surface area contributed by atoms with Gasteiger partial charge in [0.2, 0.25) is 5.91 Å². The van der Waals surface area contributed by atoms with Crippen molar-refractivity contribution < 1.29 is 14.4 Å². The van der Waals surface area contributed by atoms with Gasteiger partial charge in [-0.05, 0) is 55.7 Å². The molecule has 0 unspecified atom stereocenters. The van der Waals surface area contributed by atoms with E-state index < -0.39 is 11.6 Å². The van der Waals surface area contributed by atoms with Crippen molar-refractivity contribution in [2.45, 2.75) is 56.9 Å². The Hall–Kier alpha value is -2.37. The fourth-order valence-electron chi connectivity index (χ4n) is 4.37. The highest BCUT2D eigenvalue weighted by atomic mass is 16.2. The minimum atomic E-state index is -0.761. The fraction of sp³-hybridized carbons (Fsp3) is 0.526. The second-order valence-electron chi connectivity index (χ2n) is 7.31. The van der Waals surface area contributed by atoms with Crippen molar-refractivity contribution in [3.63, 3.8) is 0 Å². The number of aryl methyl sites for hydroxylation is 1. The number of rotatable bonds is 3. The van der Waals surface area contributed by atoms with Gasteiger partial charge in [-0.25, -0.2) is 4.79 Å². The highest BCUT2D eigenvalue weighted by Crippen LogP contribution is 2.35. The maximum Gasteiger partial charge on any atom is 0.325 e. The van der Waals surface area contributed by atoms with Gasteiger partial charge in [0.1, 0.15) is 12.1 Å². The fourth-order valence-corrected chi connectivity index (χ4v) is 4.37. The van der Waals surface area contributed by atoms with Crippen LogP contribution in [0.1, 0.15) is 49.7 Å². The van der Waals surface area contributed by atoms with Crippen molar-refractivity contribution in [2.75, 3.05) is 11.9 Å². The van der Waals surface area contributed by atoms with E-state index in [4.69, 9.17) is 0 Å². The zero-order chi connectivity index (χ0) is 17.4. The molecular formula is C19H23N3O3. The van der Waals surface area contributed by atoms with E-state index in [1.807, 2.05) is 12.1 Å². The van der Waals surface area contributed by atoms with Crippen molar-refractivity contribution in [3.05, 3.63) is 29.3 Å². The molecule has 2 N–H and O–H groups in total. The summed E-state index contributed by atoms with van der Waals surface area (Å²) in [5, 5.41) is 5.71. The Balaban J connectivity index is 1.46. The molecule has 2 fully saturated rings. The lowest BCUT2D eigenvalue weighted by Gasteiger charge is -2.21. The molecule has 3 aliphatic rings.